The van der Waals surface area contributed by atoms with E-state index in [1.54, 1.807) is 31.2 Å². The molecule has 0 bridgehead atoms. The topological polar surface area (TPSA) is 167 Å². The normalized spacial score (nSPS) is 15.3. The van der Waals surface area contributed by atoms with Crippen molar-refractivity contribution < 1.29 is 50.5 Å². The SMILES string of the molecule is CCOC(=O)OC(C)O/N=[N+](\[O-])N1CCC(C(=O)NS(=O)(=O)c2ccc(-n3nc(C(F)(F)F)cc3-c3ccc(C)cc3)cc2)CC1. The number of hydrazine groups is 1. The van der Waals surface area contributed by atoms with Gasteiger partial charge in [-0.15, -0.1) is 5.01 Å². The molecule has 1 amide bonds. The molecule has 1 aliphatic rings. The highest BCUT2D eigenvalue weighted by atomic mass is 32.2. The van der Waals surface area contributed by atoms with Crippen LogP contribution in [-0.4, -0.2) is 66.2 Å². The molecular weight excluding hydrogens is 637 g/mol. The third-order valence-corrected chi connectivity index (χ3v) is 8.21. The van der Waals surface area contributed by atoms with E-state index in [0.717, 1.165) is 28.4 Å². The van der Waals surface area contributed by atoms with Crippen molar-refractivity contribution in [1.29, 1.82) is 0 Å². The van der Waals surface area contributed by atoms with E-state index >= 15 is 0 Å². The van der Waals surface area contributed by atoms with Crippen LogP contribution in [0, 0.1) is 18.0 Å². The number of ether oxygens (including phenoxy) is 2. The number of piperidine rings is 1. The number of halogens is 3. The molecule has 0 spiro atoms. The van der Waals surface area contributed by atoms with Gasteiger partial charge in [-0.05, 0) is 57.0 Å². The Labute approximate surface area is 261 Å². The van der Waals surface area contributed by atoms with Crippen molar-refractivity contribution in [2.75, 3.05) is 19.7 Å². The predicted octanol–water partition coefficient (Wildman–Crippen LogP) is 4.71. The Kier molecular flexibility index (Phi) is 10.4. The molecule has 1 unspecified atom stereocenters. The van der Waals surface area contributed by atoms with E-state index < -0.39 is 46.2 Å². The first-order chi connectivity index (χ1) is 21.7. The number of sulfonamides is 1. The molecule has 18 heteroatoms. The lowest BCUT2D eigenvalue weighted by Crippen LogP contribution is -2.44. The molecule has 1 fully saturated rings. The maximum absolute atomic E-state index is 13.5. The Morgan fingerprint density at radius 2 is 1.76 bits per heavy atom. The smallest absolute Gasteiger partial charge is 0.511 e. The minimum absolute atomic E-state index is 0.0450. The van der Waals surface area contributed by atoms with Crippen LogP contribution in [0.15, 0.2) is 64.8 Å². The van der Waals surface area contributed by atoms with Gasteiger partial charge in [-0.1, -0.05) is 29.8 Å². The summed E-state index contributed by atoms with van der Waals surface area (Å²) in [6.07, 6.45) is -6.67. The van der Waals surface area contributed by atoms with Gasteiger partial charge in [0.05, 0.1) is 40.9 Å². The first kappa shape index (κ1) is 34.0. The molecule has 1 aromatic heterocycles. The van der Waals surface area contributed by atoms with Crippen LogP contribution in [0.4, 0.5) is 18.0 Å². The molecule has 1 aliphatic heterocycles. The molecule has 0 saturated carbocycles. The lowest BCUT2D eigenvalue weighted by atomic mass is 9.97. The largest absolute Gasteiger partial charge is 0.569 e. The molecule has 248 valence electrons. The van der Waals surface area contributed by atoms with Gasteiger partial charge < -0.3 is 14.7 Å². The maximum Gasteiger partial charge on any atom is 0.511 e. The third-order valence-electron chi connectivity index (χ3n) is 6.85. The van der Waals surface area contributed by atoms with Crippen LogP contribution >= 0.6 is 0 Å². The molecule has 1 N–H and O–H groups in total. The van der Waals surface area contributed by atoms with E-state index in [1.807, 2.05) is 11.6 Å². The number of aromatic nitrogens is 2. The second-order valence-corrected chi connectivity index (χ2v) is 11.9. The van der Waals surface area contributed by atoms with Crippen molar-refractivity contribution >= 4 is 22.1 Å². The van der Waals surface area contributed by atoms with Crippen molar-refractivity contribution in [2.24, 2.45) is 11.2 Å². The highest BCUT2D eigenvalue weighted by molar-refractivity contribution is 7.90. The van der Waals surface area contributed by atoms with Gasteiger partial charge in [-0.3, -0.25) is 9.63 Å². The molecule has 3 aromatic rings. The third kappa shape index (κ3) is 8.43. The van der Waals surface area contributed by atoms with Crippen LogP contribution in [-0.2, 0) is 35.3 Å². The van der Waals surface area contributed by atoms with Crippen molar-refractivity contribution in [3.63, 3.8) is 0 Å². The fourth-order valence-electron chi connectivity index (χ4n) is 4.45. The monoisotopic (exact) mass is 668 g/mol. The van der Waals surface area contributed by atoms with Gasteiger partial charge in [0.2, 0.25) is 11.2 Å². The zero-order valence-corrected chi connectivity index (χ0v) is 25.7. The number of nitrogens with one attached hydrogen (secondary N) is 1. The van der Waals surface area contributed by atoms with Gasteiger partial charge in [0.25, 0.3) is 16.3 Å². The summed E-state index contributed by atoms with van der Waals surface area (Å²) in [5, 5.41) is 20.5. The summed E-state index contributed by atoms with van der Waals surface area (Å²) >= 11 is 0. The Morgan fingerprint density at radius 3 is 2.35 bits per heavy atom. The number of alkyl halides is 3. The van der Waals surface area contributed by atoms with Crippen molar-refractivity contribution in [2.45, 2.75) is 51.0 Å². The predicted molar refractivity (Wildman–Crippen MR) is 153 cm³/mol. The average Bonchev–Trinajstić information content (AvgIpc) is 3.47. The van der Waals surface area contributed by atoms with Gasteiger partial charge in [0, 0.05) is 18.4 Å². The van der Waals surface area contributed by atoms with Gasteiger partial charge in [-0.25, -0.2) is 22.6 Å². The molecule has 0 aliphatic carbocycles. The maximum atomic E-state index is 13.5. The number of carbonyl (C=O) groups excluding carboxylic acids is 2. The minimum atomic E-state index is -4.71. The molecular formula is C28H31F3N6O8S. The average molecular weight is 669 g/mol. The number of aryl methyl sites for hydroxylation is 1. The summed E-state index contributed by atoms with van der Waals surface area (Å²) < 4.78 is 78.9. The Morgan fingerprint density at radius 1 is 1.13 bits per heavy atom. The fourth-order valence-corrected chi connectivity index (χ4v) is 5.50. The number of carbonyl (C=O) groups is 2. The lowest BCUT2D eigenvalue weighted by Gasteiger charge is -2.27. The first-order valence-electron chi connectivity index (χ1n) is 14.0. The summed E-state index contributed by atoms with van der Waals surface area (Å²) in [5.41, 5.74) is 0.592. The molecule has 14 nitrogen and oxygen atoms in total. The van der Waals surface area contributed by atoms with Crippen LogP contribution in [0.5, 0.6) is 0 Å². The number of hydrogen-bond donors (Lipinski definition) is 1. The summed E-state index contributed by atoms with van der Waals surface area (Å²) in [7, 11) is -4.34. The molecule has 4 rings (SSSR count). The van der Waals surface area contributed by atoms with E-state index in [9.17, 15) is 36.4 Å². The van der Waals surface area contributed by atoms with E-state index in [2.05, 4.69) is 15.1 Å². The molecule has 1 atom stereocenters. The summed E-state index contributed by atoms with van der Waals surface area (Å²) in [5.74, 6) is -1.53. The lowest BCUT2D eigenvalue weighted by molar-refractivity contribution is -0.715. The van der Waals surface area contributed by atoms with Crippen LogP contribution < -0.4 is 4.72 Å². The molecule has 2 heterocycles. The van der Waals surface area contributed by atoms with Gasteiger partial charge >= 0.3 is 12.3 Å². The van der Waals surface area contributed by atoms with Gasteiger partial charge in [-0.2, -0.15) is 18.3 Å². The molecule has 1 saturated heterocycles. The molecule has 0 radical (unpaired) electrons. The number of amides is 1. The van der Waals surface area contributed by atoms with Crippen molar-refractivity contribution in [3.05, 3.63) is 71.1 Å². The zero-order chi connectivity index (χ0) is 33.6. The van der Waals surface area contributed by atoms with E-state index in [4.69, 9.17) is 9.57 Å². The second kappa shape index (κ2) is 14.1. The second-order valence-electron chi connectivity index (χ2n) is 10.2. The Bertz CT molecular complexity index is 1670. The van der Waals surface area contributed by atoms with Crippen LogP contribution in [0.1, 0.15) is 37.9 Å². The van der Waals surface area contributed by atoms with E-state index in [0.29, 0.717) is 5.56 Å². The quantitative estimate of drug-likeness (QED) is 0.105. The Hall–Kier alpha value is -4.87. The van der Waals surface area contributed by atoms with Gasteiger partial charge in [0.15, 0.2) is 5.69 Å². The van der Waals surface area contributed by atoms with Crippen molar-refractivity contribution in [3.8, 4) is 16.9 Å². The first-order valence-corrected chi connectivity index (χ1v) is 15.5. The van der Waals surface area contributed by atoms with Crippen molar-refractivity contribution in [1.82, 2.24) is 19.5 Å². The van der Waals surface area contributed by atoms with Crippen LogP contribution in [0.25, 0.3) is 16.9 Å². The summed E-state index contributed by atoms with van der Waals surface area (Å²) in [4.78, 5) is 28.8. The van der Waals surface area contributed by atoms with Crippen LogP contribution in [0.2, 0.25) is 0 Å². The molecule has 46 heavy (non-hydrogen) atoms. The Balaban J connectivity index is 1.39. The standard InChI is InChI=1S/C28H31F3N6O8S/c1-4-43-27(39)44-19(3)45-34-37(40)35-15-13-21(14-16-35)26(38)33-46(41,42)23-11-9-22(10-12-23)36-24(17-25(32-36)28(29,30)31)20-7-5-18(2)6-8-20/h5-12,17,19,21H,4,13-16H2,1-3H3,(H,33,38)/b37-34-. The van der Waals surface area contributed by atoms with E-state index in [-0.39, 0.29) is 53.8 Å². The molecule has 2 aromatic carbocycles. The number of hydrogen-bond acceptors (Lipinski definition) is 10. The van der Waals surface area contributed by atoms with Crippen LogP contribution in [0.3, 0.4) is 0 Å². The minimum Gasteiger partial charge on any atom is -0.569 e. The highest BCUT2D eigenvalue weighted by Crippen LogP contribution is 2.33. The summed E-state index contributed by atoms with van der Waals surface area (Å²) in [6, 6.07) is 12.6. The van der Waals surface area contributed by atoms with E-state index in [1.165, 1.54) is 24.1 Å². The van der Waals surface area contributed by atoms with Gasteiger partial charge in [0.1, 0.15) is 0 Å². The fraction of sp³-hybridized carbons (Fsp3) is 0.393. The number of benzene rings is 2. The number of nitrogens with zero attached hydrogens (tertiary/aromatic N) is 5. The zero-order valence-electron chi connectivity index (χ0n) is 24.9. The highest BCUT2D eigenvalue weighted by Gasteiger charge is 2.36. The summed E-state index contributed by atoms with van der Waals surface area (Å²) in [6.45, 7) is 4.92. The number of rotatable bonds is 10.